The van der Waals surface area contributed by atoms with E-state index in [1.54, 1.807) is 34.6 Å². The van der Waals surface area contributed by atoms with Gasteiger partial charge in [0, 0.05) is 5.56 Å². The maximum Gasteiger partial charge on any atom is 0.268 e. The van der Waals surface area contributed by atoms with Crippen molar-refractivity contribution in [3.8, 4) is 0 Å². The molecule has 0 bridgehead atoms. The quantitative estimate of drug-likeness (QED) is 0.919. The third kappa shape index (κ3) is 2.98. The Morgan fingerprint density at radius 2 is 1.38 bits per heavy atom. The predicted molar refractivity (Wildman–Crippen MR) is 93.0 cm³/mol. The summed E-state index contributed by atoms with van der Waals surface area (Å²) in [4.78, 5) is 12.7. The Morgan fingerprint density at radius 1 is 0.875 bits per heavy atom. The van der Waals surface area contributed by atoms with E-state index in [-0.39, 0.29) is 10.5 Å². The van der Waals surface area contributed by atoms with Crippen LogP contribution in [0.15, 0.2) is 15.4 Å². The second-order valence-electron chi connectivity index (χ2n) is 6.24. The van der Waals surface area contributed by atoms with E-state index in [4.69, 9.17) is 4.42 Å². The average Bonchev–Trinajstić information content (AvgIpc) is 2.69. The lowest BCUT2D eigenvalue weighted by Crippen LogP contribution is -2.32. The highest BCUT2D eigenvalue weighted by Crippen LogP contribution is 2.27. The van der Waals surface area contributed by atoms with Gasteiger partial charge in [-0.1, -0.05) is 6.07 Å². The lowest BCUT2D eigenvalue weighted by Gasteiger charge is -2.16. The first kappa shape index (κ1) is 18.3. The van der Waals surface area contributed by atoms with Gasteiger partial charge in [-0.2, -0.15) is 0 Å². The Bertz CT molecular complexity index is 910. The molecule has 1 heterocycles. The van der Waals surface area contributed by atoms with E-state index in [0.717, 1.165) is 11.1 Å². The Balaban J connectivity index is 2.52. The number of nitrogens with one attached hydrogen (secondary N) is 1. The molecule has 0 aliphatic heterocycles. The molecule has 5 nitrogen and oxygen atoms in total. The summed E-state index contributed by atoms with van der Waals surface area (Å²) in [6, 6.07) is 1.94. The van der Waals surface area contributed by atoms with Crippen LogP contribution in [0.3, 0.4) is 0 Å². The predicted octanol–water partition coefficient (Wildman–Crippen LogP) is 3.56. The van der Waals surface area contributed by atoms with E-state index in [2.05, 4.69) is 4.72 Å². The fourth-order valence-electron chi connectivity index (χ4n) is 2.94. The number of sulfonamides is 1. The molecule has 0 fully saturated rings. The van der Waals surface area contributed by atoms with Gasteiger partial charge in [0.25, 0.3) is 15.9 Å². The first-order chi connectivity index (χ1) is 11.0. The van der Waals surface area contributed by atoms with E-state index in [1.807, 2.05) is 19.9 Å². The van der Waals surface area contributed by atoms with Crippen LogP contribution in [-0.2, 0) is 10.0 Å². The van der Waals surface area contributed by atoms with Crippen LogP contribution in [0.1, 0.15) is 49.7 Å². The van der Waals surface area contributed by atoms with Crippen molar-refractivity contribution in [2.45, 2.75) is 53.4 Å². The molecule has 0 aliphatic carbocycles. The minimum absolute atomic E-state index is 0.170. The highest BCUT2D eigenvalue weighted by Gasteiger charge is 2.27. The second kappa shape index (κ2) is 6.09. The van der Waals surface area contributed by atoms with Crippen molar-refractivity contribution in [2.75, 3.05) is 0 Å². The molecular formula is C18H23NO4S. The number of benzene rings is 1. The van der Waals surface area contributed by atoms with Gasteiger partial charge in [0.1, 0.15) is 11.5 Å². The van der Waals surface area contributed by atoms with Gasteiger partial charge in [0.05, 0.1) is 10.5 Å². The summed E-state index contributed by atoms with van der Waals surface area (Å²) in [5, 5.41) is 0. The van der Waals surface area contributed by atoms with Crippen LogP contribution in [-0.4, -0.2) is 14.3 Å². The summed E-state index contributed by atoms with van der Waals surface area (Å²) in [6.07, 6.45) is 0. The molecule has 0 saturated heterocycles. The minimum atomic E-state index is -3.98. The molecule has 130 valence electrons. The van der Waals surface area contributed by atoms with Crippen LogP contribution >= 0.6 is 0 Å². The van der Waals surface area contributed by atoms with Crippen molar-refractivity contribution >= 4 is 15.9 Å². The number of carbonyl (C=O) groups excluding carboxylic acids is 1. The van der Waals surface area contributed by atoms with Crippen molar-refractivity contribution in [1.29, 1.82) is 0 Å². The van der Waals surface area contributed by atoms with Crippen molar-refractivity contribution in [2.24, 2.45) is 0 Å². The summed E-state index contributed by atoms with van der Waals surface area (Å²) in [6.45, 7) is 12.3. The Kier molecular flexibility index (Phi) is 4.63. The van der Waals surface area contributed by atoms with Crippen LogP contribution in [0.2, 0.25) is 0 Å². The van der Waals surface area contributed by atoms with Gasteiger partial charge in [0.15, 0.2) is 0 Å². The molecule has 0 atom stereocenters. The molecule has 1 amide bonds. The lowest BCUT2D eigenvalue weighted by atomic mass is 10.0. The van der Waals surface area contributed by atoms with Gasteiger partial charge in [-0.25, -0.2) is 13.1 Å². The standard InChI is InChI=1S/C18H23NO4S/c1-9-8-10(2)12(4)17(11(9)3)24(21,22)19-18(20)16-13(5)14(6)23-15(16)7/h8H,1-7H3,(H,19,20). The molecular weight excluding hydrogens is 326 g/mol. The molecule has 0 saturated carbocycles. The minimum Gasteiger partial charge on any atom is -0.466 e. The van der Waals surface area contributed by atoms with Crippen LogP contribution < -0.4 is 4.72 Å². The van der Waals surface area contributed by atoms with E-state index in [9.17, 15) is 13.2 Å². The second-order valence-corrected chi connectivity index (χ2v) is 7.86. The van der Waals surface area contributed by atoms with E-state index in [0.29, 0.717) is 28.2 Å². The number of aryl methyl sites for hydroxylation is 4. The van der Waals surface area contributed by atoms with Gasteiger partial charge in [-0.3, -0.25) is 4.79 Å². The molecule has 6 heteroatoms. The van der Waals surface area contributed by atoms with Crippen LogP contribution in [0.25, 0.3) is 0 Å². The Labute approximate surface area is 143 Å². The molecule has 2 aromatic rings. The zero-order valence-electron chi connectivity index (χ0n) is 15.1. The van der Waals surface area contributed by atoms with Gasteiger partial charge in [-0.05, 0) is 70.7 Å². The highest BCUT2D eigenvalue weighted by atomic mass is 32.2. The molecule has 1 N–H and O–H groups in total. The molecule has 0 aliphatic rings. The van der Waals surface area contributed by atoms with Gasteiger partial charge in [0.2, 0.25) is 0 Å². The molecule has 2 rings (SSSR count). The first-order valence-electron chi connectivity index (χ1n) is 7.68. The zero-order chi connectivity index (χ0) is 18.4. The summed E-state index contributed by atoms with van der Waals surface area (Å²) in [5.41, 5.74) is 3.96. The summed E-state index contributed by atoms with van der Waals surface area (Å²) < 4.78 is 33.3. The SMILES string of the molecule is Cc1cc(C)c(C)c(S(=O)(=O)NC(=O)c2c(C)oc(C)c2C)c1C. The normalized spacial score (nSPS) is 11.6. The first-order valence-corrected chi connectivity index (χ1v) is 9.16. The highest BCUT2D eigenvalue weighted by molar-refractivity contribution is 7.90. The smallest absolute Gasteiger partial charge is 0.268 e. The van der Waals surface area contributed by atoms with Crippen LogP contribution in [0, 0.1) is 48.5 Å². The van der Waals surface area contributed by atoms with Crippen molar-refractivity contribution in [1.82, 2.24) is 4.72 Å². The number of hydrogen-bond acceptors (Lipinski definition) is 4. The monoisotopic (exact) mass is 349 g/mol. The number of amides is 1. The van der Waals surface area contributed by atoms with Crippen molar-refractivity contribution < 1.29 is 17.6 Å². The Hall–Kier alpha value is -2.08. The van der Waals surface area contributed by atoms with Crippen molar-refractivity contribution in [3.63, 3.8) is 0 Å². The lowest BCUT2D eigenvalue weighted by molar-refractivity contribution is 0.0979. The topological polar surface area (TPSA) is 76.4 Å². The van der Waals surface area contributed by atoms with Crippen LogP contribution in [0.5, 0.6) is 0 Å². The molecule has 24 heavy (non-hydrogen) atoms. The number of rotatable bonds is 3. The van der Waals surface area contributed by atoms with Gasteiger partial charge in [-0.15, -0.1) is 0 Å². The van der Waals surface area contributed by atoms with E-state index < -0.39 is 15.9 Å². The number of furan rings is 1. The maximum atomic E-state index is 12.8. The summed E-state index contributed by atoms with van der Waals surface area (Å²) in [5.74, 6) is 0.347. The number of hydrogen-bond donors (Lipinski definition) is 1. The largest absolute Gasteiger partial charge is 0.466 e. The fraction of sp³-hybridized carbons (Fsp3) is 0.389. The van der Waals surface area contributed by atoms with E-state index >= 15 is 0 Å². The van der Waals surface area contributed by atoms with Gasteiger partial charge >= 0.3 is 0 Å². The number of carbonyl (C=O) groups is 1. The maximum absolute atomic E-state index is 12.8. The van der Waals surface area contributed by atoms with Crippen LogP contribution in [0.4, 0.5) is 0 Å². The molecule has 0 spiro atoms. The summed E-state index contributed by atoms with van der Waals surface area (Å²) >= 11 is 0. The third-order valence-corrected chi connectivity index (χ3v) is 6.19. The third-order valence-electron chi connectivity index (χ3n) is 4.58. The summed E-state index contributed by atoms with van der Waals surface area (Å²) in [7, 11) is -3.98. The average molecular weight is 349 g/mol. The molecule has 1 aromatic carbocycles. The fourth-order valence-corrected chi connectivity index (χ4v) is 4.51. The molecule has 0 unspecified atom stereocenters. The molecule has 0 radical (unpaired) electrons. The molecule has 1 aromatic heterocycles. The zero-order valence-corrected chi connectivity index (χ0v) is 15.9. The van der Waals surface area contributed by atoms with Gasteiger partial charge < -0.3 is 4.42 Å². The Morgan fingerprint density at radius 3 is 1.79 bits per heavy atom. The van der Waals surface area contributed by atoms with Crippen molar-refractivity contribution in [3.05, 3.63) is 51.0 Å². The van der Waals surface area contributed by atoms with E-state index in [1.165, 1.54) is 0 Å².